The molecule has 31 heavy (non-hydrogen) atoms. The highest BCUT2D eigenvalue weighted by Gasteiger charge is 2.25. The Morgan fingerprint density at radius 1 is 0.742 bits per heavy atom. The number of para-hydroxylation sites is 1. The summed E-state index contributed by atoms with van der Waals surface area (Å²) in [7, 11) is 0. The van der Waals surface area contributed by atoms with Crippen LogP contribution in [0.25, 0.3) is 0 Å². The zero-order chi connectivity index (χ0) is 21.9. The maximum atomic E-state index is 13.0. The SMILES string of the molecule is O=C(N[C@@H](Cc1ccccc1)C(=O)Nc1ccccc1)C(CS)CCc1ccccc1. The Kier molecular flexibility index (Phi) is 8.73. The van der Waals surface area contributed by atoms with E-state index in [9.17, 15) is 9.59 Å². The Hall–Kier alpha value is -3.05. The Bertz CT molecular complexity index is 949. The summed E-state index contributed by atoms with van der Waals surface area (Å²) in [6.45, 7) is 0. The minimum absolute atomic E-state index is 0.143. The molecule has 5 heteroatoms. The van der Waals surface area contributed by atoms with E-state index in [1.165, 1.54) is 5.56 Å². The van der Waals surface area contributed by atoms with Crippen molar-refractivity contribution in [2.24, 2.45) is 5.92 Å². The Morgan fingerprint density at radius 3 is 1.87 bits per heavy atom. The number of rotatable bonds is 10. The van der Waals surface area contributed by atoms with Crippen molar-refractivity contribution in [3.63, 3.8) is 0 Å². The molecule has 0 aliphatic rings. The maximum Gasteiger partial charge on any atom is 0.247 e. The third-order valence-corrected chi connectivity index (χ3v) is 5.61. The van der Waals surface area contributed by atoms with Gasteiger partial charge in [0.05, 0.1) is 0 Å². The van der Waals surface area contributed by atoms with Gasteiger partial charge in [0.25, 0.3) is 0 Å². The average molecular weight is 433 g/mol. The lowest BCUT2D eigenvalue weighted by Crippen LogP contribution is -2.47. The van der Waals surface area contributed by atoms with Gasteiger partial charge in [0.15, 0.2) is 0 Å². The van der Waals surface area contributed by atoms with E-state index in [1.54, 1.807) is 0 Å². The molecule has 0 saturated heterocycles. The van der Waals surface area contributed by atoms with Gasteiger partial charge < -0.3 is 10.6 Å². The maximum absolute atomic E-state index is 13.0. The third-order valence-electron chi connectivity index (χ3n) is 5.17. The van der Waals surface area contributed by atoms with Gasteiger partial charge in [0, 0.05) is 23.8 Å². The van der Waals surface area contributed by atoms with Crippen molar-refractivity contribution in [1.82, 2.24) is 5.32 Å². The highest BCUT2D eigenvalue weighted by Crippen LogP contribution is 2.14. The lowest BCUT2D eigenvalue weighted by atomic mass is 9.98. The average Bonchev–Trinajstić information content (AvgIpc) is 2.81. The first-order chi connectivity index (χ1) is 15.2. The topological polar surface area (TPSA) is 58.2 Å². The smallest absolute Gasteiger partial charge is 0.247 e. The highest BCUT2D eigenvalue weighted by molar-refractivity contribution is 7.80. The van der Waals surface area contributed by atoms with E-state index in [4.69, 9.17) is 0 Å². The number of carbonyl (C=O) groups excluding carboxylic acids is 2. The number of nitrogens with one attached hydrogen (secondary N) is 2. The van der Waals surface area contributed by atoms with Crippen LogP contribution >= 0.6 is 12.6 Å². The predicted molar refractivity (Wildman–Crippen MR) is 129 cm³/mol. The molecule has 3 rings (SSSR count). The van der Waals surface area contributed by atoms with Gasteiger partial charge in [-0.1, -0.05) is 78.9 Å². The van der Waals surface area contributed by atoms with Gasteiger partial charge in [-0.05, 0) is 36.1 Å². The first-order valence-electron chi connectivity index (χ1n) is 10.5. The van der Waals surface area contributed by atoms with Gasteiger partial charge in [0.2, 0.25) is 11.8 Å². The molecule has 0 spiro atoms. The van der Waals surface area contributed by atoms with Crippen LogP contribution in [0.2, 0.25) is 0 Å². The number of hydrogen-bond acceptors (Lipinski definition) is 3. The summed E-state index contributed by atoms with van der Waals surface area (Å²) in [6.07, 6.45) is 1.89. The number of carbonyl (C=O) groups is 2. The molecule has 0 fully saturated rings. The number of anilines is 1. The van der Waals surface area contributed by atoms with E-state index in [2.05, 4.69) is 35.4 Å². The molecule has 2 amide bonds. The molecule has 4 nitrogen and oxygen atoms in total. The Balaban J connectivity index is 1.68. The predicted octanol–water partition coefficient (Wildman–Crippen LogP) is 4.53. The number of thiol groups is 1. The zero-order valence-electron chi connectivity index (χ0n) is 17.4. The minimum atomic E-state index is -0.672. The standard InChI is InChI=1S/C26H28N2O2S/c29-25(22(19-31)17-16-20-10-4-1-5-11-20)28-24(18-21-12-6-2-7-13-21)26(30)27-23-14-8-3-9-15-23/h1-15,22,24,31H,16-19H2,(H,27,30)(H,28,29)/t22?,24-/m0/s1. The van der Waals surface area contributed by atoms with E-state index in [1.807, 2.05) is 78.9 Å². The van der Waals surface area contributed by atoms with Crippen LogP contribution in [0.5, 0.6) is 0 Å². The van der Waals surface area contributed by atoms with Gasteiger partial charge in [-0.3, -0.25) is 9.59 Å². The first kappa shape index (κ1) is 22.6. The van der Waals surface area contributed by atoms with Crippen LogP contribution in [0.15, 0.2) is 91.0 Å². The Morgan fingerprint density at radius 2 is 1.29 bits per heavy atom. The number of aryl methyl sites for hydroxylation is 1. The van der Waals surface area contributed by atoms with Crippen molar-refractivity contribution in [2.45, 2.75) is 25.3 Å². The molecule has 1 unspecified atom stereocenters. The molecule has 2 atom stereocenters. The molecular weight excluding hydrogens is 404 g/mol. The van der Waals surface area contributed by atoms with Crippen molar-refractivity contribution in [3.8, 4) is 0 Å². The van der Waals surface area contributed by atoms with Crippen molar-refractivity contribution >= 4 is 30.1 Å². The van der Waals surface area contributed by atoms with Gasteiger partial charge >= 0.3 is 0 Å². The molecule has 0 aliphatic carbocycles. The van der Waals surface area contributed by atoms with Crippen LogP contribution in [0.4, 0.5) is 5.69 Å². The molecule has 0 saturated carbocycles. The van der Waals surface area contributed by atoms with Crippen LogP contribution in [0, 0.1) is 5.92 Å². The summed E-state index contributed by atoms with van der Waals surface area (Å²) in [4.78, 5) is 26.0. The summed E-state index contributed by atoms with van der Waals surface area (Å²) in [5.74, 6) is -0.220. The van der Waals surface area contributed by atoms with Crippen LogP contribution < -0.4 is 10.6 Å². The summed E-state index contributed by atoms with van der Waals surface area (Å²) in [5.41, 5.74) is 2.88. The van der Waals surface area contributed by atoms with Crippen molar-refractivity contribution in [1.29, 1.82) is 0 Å². The molecule has 0 aromatic heterocycles. The summed E-state index contributed by atoms with van der Waals surface area (Å²) < 4.78 is 0. The van der Waals surface area contributed by atoms with Crippen LogP contribution in [0.1, 0.15) is 17.5 Å². The second-order valence-electron chi connectivity index (χ2n) is 7.51. The second kappa shape index (κ2) is 12.0. The van der Waals surface area contributed by atoms with Crippen LogP contribution in [-0.4, -0.2) is 23.6 Å². The molecule has 0 heterocycles. The van der Waals surface area contributed by atoms with E-state index in [0.717, 1.165) is 12.0 Å². The highest BCUT2D eigenvalue weighted by atomic mass is 32.1. The lowest BCUT2D eigenvalue weighted by Gasteiger charge is -2.22. The minimum Gasteiger partial charge on any atom is -0.344 e. The fraction of sp³-hybridized carbons (Fsp3) is 0.231. The van der Waals surface area contributed by atoms with Gasteiger partial charge in [-0.2, -0.15) is 12.6 Å². The zero-order valence-corrected chi connectivity index (χ0v) is 18.3. The fourth-order valence-corrected chi connectivity index (χ4v) is 3.74. The van der Waals surface area contributed by atoms with Crippen molar-refractivity contribution in [3.05, 3.63) is 102 Å². The first-order valence-corrected chi connectivity index (χ1v) is 11.1. The number of hydrogen-bond donors (Lipinski definition) is 3. The lowest BCUT2D eigenvalue weighted by molar-refractivity contribution is -0.128. The van der Waals surface area contributed by atoms with Gasteiger partial charge in [0.1, 0.15) is 6.04 Å². The third kappa shape index (κ3) is 7.30. The molecule has 2 N–H and O–H groups in total. The van der Waals surface area contributed by atoms with E-state index >= 15 is 0 Å². The monoisotopic (exact) mass is 432 g/mol. The van der Waals surface area contributed by atoms with E-state index in [0.29, 0.717) is 24.3 Å². The molecule has 160 valence electrons. The molecule has 0 aliphatic heterocycles. The molecule has 0 bridgehead atoms. The summed E-state index contributed by atoms with van der Waals surface area (Å²) in [5, 5.41) is 5.88. The van der Waals surface area contributed by atoms with E-state index < -0.39 is 6.04 Å². The summed E-state index contributed by atoms with van der Waals surface area (Å²) >= 11 is 4.39. The van der Waals surface area contributed by atoms with Crippen molar-refractivity contribution in [2.75, 3.05) is 11.1 Å². The molecule has 3 aromatic rings. The van der Waals surface area contributed by atoms with E-state index in [-0.39, 0.29) is 17.7 Å². The second-order valence-corrected chi connectivity index (χ2v) is 7.88. The molecular formula is C26H28N2O2S. The number of amides is 2. The molecule has 0 radical (unpaired) electrons. The molecule has 3 aromatic carbocycles. The Labute approximate surface area is 189 Å². The number of benzene rings is 3. The van der Waals surface area contributed by atoms with Gasteiger partial charge in [-0.25, -0.2) is 0 Å². The van der Waals surface area contributed by atoms with Crippen molar-refractivity contribution < 1.29 is 9.59 Å². The largest absolute Gasteiger partial charge is 0.344 e. The van der Waals surface area contributed by atoms with Gasteiger partial charge in [-0.15, -0.1) is 0 Å². The summed E-state index contributed by atoms with van der Waals surface area (Å²) in [6, 6.07) is 28.4. The van der Waals surface area contributed by atoms with Crippen LogP contribution in [-0.2, 0) is 22.4 Å². The quantitative estimate of drug-likeness (QED) is 0.412. The normalized spacial score (nSPS) is 12.5. The van der Waals surface area contributed by atoms with Crippen LogP contribution in [0.3, 0.4) is 0 Å². The fourth-order valence-electron chi connectivity index (χ4n) is 3.39.